The second kappa shape index (κ2) is 5.55. The highest BCUT2D eigenvalue weighted by Crippen LogP contribution is 2.03. The zero-order chi connectivity index (χ0) is 12.1. The molecule has 5 heteroatoms. The Bertz CT molecular complexity index is 379. The predicted molar refractivity (Wildman–Crippen MR) is 60.3 cm³/mol. The van der Waals surface area contributed by atoms with Crippen molar-refractivity contribution in [2.75, 3.05) is 13.7 Å². The van der Waals surface area contributed by atoms with Crippen molar-refractivity contribution >= 4 is 5.91 Å². The largest absolute Gasteiger partial charge is 0.383 e. The maximum absolute atomic E-state index is 11.8. The molecule has 1 amide bonds. The van der Waals surface area contributed by atoms with Gasteiger partial charge in [0.15, 0.2) is 0 Å². The van der Waals surface area contributed by atoms with Crippen LogP contribution >= 0.6 is 0 Å². The van der Waals surface area contributed by atoms with E-state index in [1.165, 1.54) is 0 Å². The first kappa shape index (κ1) is 12.6. The minimum absolute atomic E-state index is 0.0294. The van der Waals surface area contributed by atoms with E-state index in [-0.39, 0.29) is 11.9 Å². The van der Waals surface area contributed by atoms with Crippen molar-refractivity contribution in [1.29, 1.82) is 0 Å². The minimum atomic E-state index is -0.165. The first-order valence-electron chi connectivity index (χ1n) is 5.14. The minimum Gasteiger partial charge on any atom is -0.383 e. The van der Waals surface area contributed by atoms with Gasteiger partial charge in [-0.1, -0.05) is 0 Å². The molecule has 0 aliphatic rings. The van der Waals surface area contributed by atoms with Crippen molar-refractivity contribution in [3.05, 3.63) is 23.3 Å². The molecule has 5 nitrogen and oxygen atoms in total. The lowest BCUT2D eigenvalue weighted by Crippen LogP contribution is -2.36. The van der Waals surface area contributed by atoms with Gasteiger partial charge in [0.2, 0.25) is 0 Å². The van der Waals surface area contributed by atoms with Crippen molar-refractivity contribution in [3.8, 4) is 0 Å². The molecule has 0 unspecified atom stereocenters. The lowest BCUT2D eigenvalue weighted by Gasteiger charge is -2.13. The zero-order valence-corrected chi connectivity index (χ0v) is 10.1. The molecule has 0 bridgehead atoms. The average Bonchev–Trinajstić information content (AvgIpc) is 2.17. The second-order valence-corrected chi connectivity index (χ2v) is 3.75. The Morgan fingerprint density at radius 3 is 2.81 bits per heavy atom. The molecule has 0 saturated heterocycles. The van der Waals surface area contributed by atoms with Crippen LogP contribution in [0.4, 0.5) is 0 Å². The van der Waals surface area contributed by atoms with E-state index < -0.39 is 0 Å². The van der Waals surface area contributed by atoms with E-state index in [0.717, 1.165) is 0 Å². The molecule has 0 spiro atoms. The number of hydrogen-bond donors (Lipinski definition) is 1. The quantitative estimate of drug-likeness (QED) is 0.822. The summed E-state index contributed by atoms with van der Waals surface area (Å²) in [5.74, 6) is 0.501. The summed E-state index contributed by atoms with van der Waals surface area (Å²) < 4.78 is 4.94. The predicted octanol–water partition coefficient (Wildman–Crippen LogP) is 0.858. The van der Waals surface area contributed by atoms with E-state index >= 15 is 0 Å². The number of amides is 1. The van der Waals surface area contributed by atoms with Crippen LogP contribution in [0.3, 0.4) is 0 Å². The highest BCUT2D eigenvalue weighted by atomic mass is 16.5. The fraction of sp³-hybridized carbons (Fsp3) is 0.545. The lowest BCUT2D eigenvalue weighted by atomic mass is 10.2. The van der Waals surface area contributed by atoms with Gasteiger partial charge in [-0.3, -0.25) is 4.79 Å². The third-order valence-electron chi connectivity index (χ3n) is 2.14. The van der Waals surface area contributed by atoms with E-state index in [0.29, 0.717) is 23.7 Å². The molecule has 16 heavy (non-hydrogen) atoms. The highest BCUT2D eigenvalue weighted by Gasteiger charge is 2.13. The smallest absolute Gasteiger partial charge is 0.254 e. The zero-order valence-electron chi connectivity index (χ0n) is 10.1. The Balaban J connectivity index is 2.73. The van der Waals surface area contributed by atoms with Crippen molar-refractivity contribution in [1.82, 2.24) is 15.3 Å². The summed E-state index contributed by atoms with van der Waals surface area (Å²) >= 11 is 0. The van der Waals surface area contributed by atoms with E-state index in [1.54, 1.807) is 27.2 Å². The number of carbonyl (C=O) groups excluding carboxylic acids is 1. The Hall–Kier alpha value is -1.49. The fourth-order valence-corrected chi connectivity index (χ4v) is 1.40. The number of nitrogens with zero attached hydrogens (tertiary/aromatic N) is 2. The van der Waals surface area contributed by atoms with Crippen LogP contribution in [0.2, 0.25) is 0 Å². The molecule has 1 aromatic rings. The van der Waals surface area contributed by atoms with Crippen LogP contribution < -0.4 is 5.32 Å². The number of hydrogen-bond acceptors (Lipinski definition) is 4. The van der Waals surface area contributed by atoms with Gasteiger partial charge in [0.1, 0.15) is 5.82 Å². The Labute approximate surface area is 95.3 Å². The Morgan fingerprint density at radius 2 is 2.25 bits per heavy atom. The second-order valence-electron chi connectivity index (χ2n) is 3.75. The van der Waals surface area contributed by atoms with Gasteiger partial charge in [-0.05, 0) is 20.8 Å². The van der Waals surface area contributed by atoms with Crippen LogP contribution in [0, 0.1) is 13.8 Å². The molecule has 0 radical (unpaired) electrons. The van der Waals surface area contributed by atoms with Crippen molar-refractivity contribution in [2.24, 2.45) is 0 Å². The van der Waals surface area contributed by atoms with Crippen molar-refractivity contribution in [3.63, 3.8) is 0 Å². The standard InChI is InChI=1S/C11H17N3O2/c1-7(6-16-4)13-11(15)10-5-12-9(3)14-8(10)2/h5,7H,6H2,1-4H3,(H,13,15)/t7-/m0/s1. The maximum atomic E-state index is 11.8. The molecular weight excluding hydrogens is 206 g/mol. The van der Waals surface area contributed by atoms with E-state index in [2.05, 4.69) is 15.3 Å². The molecule has 0 saturated carbocycles. The summed E-state index contributed by atoms with van der Waals surface area (Å²) in [6, 6.07) is -0.0294. The summed E-state index contributed by atoms with van der Waals surface area (Å²) in [4.78, 5) is 20.0. The molecule has 1 atom stereocenters. The summed E-state index contributed by atoms with van der Waals surface area (Å²) in [5, 5.41) is 2.81. The normalized spacial score (nSPS) is 12.2. The van der Waals surface area contributed by atoms with Gasteiger partial charge >= 0.3 is 0 Å². The molecular formula is C11H17N3O2. The van der Waals surface area contributed by atoms with Gasteiger partial charge in [-0.25, -0.2) is 9.97 Å². The molecule has 1 rings (SSSR count). The van der Waals surface area contributed by atoms with Crippen LogP contribution in [-0.2, 0) is 4.74 Å². The molecule has 0 aliphatic heterocycles. The van der Waals surface area contributed by atoms with E-state index in [1.807, 2.05) is 6.92 Å². The van der Waals surface area contributed by atoms with Gasteiger partial charge < -0.3 is 10.1 Å². The number of methoxy groups -OCH3 is 1. The monoisotopic (exact) mass is 223 g/mol. The van der Waals surface area contributed by atoms with E-state index in [4.69, 9.17) is 4.74 Å². The van der Waals surface area contributed by atoms with E-state index in [9.17, 15) is 4.79 Å². The number of nitrogens with one attached hydrogen (secondary N) is 1. The number of rotatable bonds is 4. The van der Waals surface area contributed by atoms with Gasteiger partial charge in [-0.15, -0.1) is 0 Å². The molecule has 1 aromatic heterocycles. The first-order chi connectivity index (χ1) is 7.54. The average molecular weight is 223 g/mol. The molecule has 1 heterocycles. The van der Waals surface area contributed by atoms with Gasteiger partial charge in [0.05, 0.1) is 17.9 Å². The van der Waals surface area contributed by atoms with Crippen LogP contribution in [0.5, 0.6) is 0 Å². The van der Waals surface area contributed by atoms with Gasteiger partial charge in [0.25, 0.3) is 5.91 Å². The molecule has 0 aromatic carbocycles. The molecule has 88 valence electrons. The first-order valence-corrected chi connectivity index (χ1v) is 5.14. The van der Waals surface area contributed by atoms with Crippen LogP contribution in [0.25, 0.3) is 0 Å². The van der Waals surface area contributed by atoms with Crippen molar-refractivity contribution < 1.29 is 9.53 Å². The number of aryl methyl sites for hydroxylation is 2. The molecule has 0 aliphatic carbocycles. The topological polar surface area (TPSA) is 64.1 Å². The Morgan fingerprint density at radius 1 is 1.56 bits per heavy atom. The molecule has 1 N–H and O–H groups in total. The summed E-state index contributed by atoms with van der Waals surface area (Å²) in [6.45, 7) is 5.95. The van der Waals surface area contributed by atoms with Crippen LogP contribution in [0.15, 0.2) is 6.20 Å². The number of aromatic nitrogens is 2. The highest BCUT2D eigenvalue weighted by molar-refractivity contribution is 5.95. The summed E-state index contributed by atoms with van der Waals surface area (Å²) in [6.07, 6.45) is 1.55. The fourth-order valence-electron chi connectivity index (χ4n) is 1.40. The van der Waals surface area contributed by atoms with Crippen molar-refractivity contribution in [2.45, 2.75) is 26.8 Å². The van der Waals surface area contributed by atoms with Crippen LogP contribution in [0.1, 0.15) is 28.8 Å². The lowest BCUT2D eigenvalue weighted by molar-refractivity contribution is 0.0904. The number of ether oxygens (including phenoxy) is 1. The third-order valence-corrected chi connectivity index (χ3v) is 2.14. The SMILES string of the molecule is COC[C@H](C)NC(=O)c1cnc(C)nc1C. The maximum Gasteiger partial charge on any atom is 0.254 e. The summed E-state index contributed by atoms with van der Waals surface area (Å²) in [5.41, 5.74) is 1.20. The number of carbonyl (C=O) groups is 1. The molecule has 0 fully saturated rings. The third kappa shape index (κ3) is 3.27. The Kier molecular flexibility index (Phi) is 4.37. The van der Waals surface area contributed by atoms with Gasteiger partial charge in [-0.2, -0.15) is 0 Å². The summed E-state index contributed by atoms with van der Waals surface area (Å²) in [7, 11) is 1.60. The van der Waals surface area contributed by atoms with Crippen LogP contribution in [-0.4, -0.2) is 35.6 Å². The van der Waals surface area contributed by atoms with Gasteiger partial charge in [0, 0.05) is 19.3 Å².